The molecule has 0 atom stereocenters. The number of hydrogen-bond donors (Lipinski definition) is 1. The lowest BCUT2D eigenvalue weighted by Crippen LogP contribution is -2.03. The lowest BCUT2D eigenvalue weighted by molar-refractivity contribution is -0.385. The van der Waals surface area contributed by atoms with Crippen LogP contribution < -0.4 is 4.74 Å². The summed E-state index contributed by atoms with van der Waals surface area (Å²) in [5.74, 6) is -0.666. The van der Waals surface area contributed by atoms with E-state index >= 15 is 0 Å². The van der Waals surface area contributed by atoms with Crippen LogP contribution in [0.15, 0.2) is 18.2 Å². The SMILES string of the molecule is O=Cc1c(OCCCCCC(=O)O)cccc1[N+](=O)[O-]. The van der Waals surface area contributed by atoms with Gasteiger partial charge >= 0.3 is 5.97 Å². The smallest absolute Gasteiger partial charge is 0.303 e. The Morgan fingerprint density at radius 2 is 2.10 bits per heavy atom. The number of nitro benzene ring substituents is 1. The average molecular weight is 281 g/mol. The highest BCUT2D eigenvalue weighted by atomic mass is 16.6. The molecule has 7 nitrogen and oxygen atoms in total. The van der Waals surface area contributed by atoms with Crippen LogP contribution in [0.5, 0.6) is 5.75 Å². The molecule has 0 unspecified atom stereocenters. The highest BCUT2D eigenvalue weighted by Gasteiger charge is 2.17. The van der Waals surface area contributed by atoms with E-state index in [2.05, 4.69) is 0 Å². The molecule has 0 amide bonds. The Morgan fingerprint density at radius 3 is 2.70 bits per heavy atom. The Kier molecular flexibility index (Phi) is 6.15. The van der Waals surface area contributed by atoms with Crippen LogP contribution in [0, 0.1) is 10.1 Å². The number of nitro groups is 1. The molecule has 20 heavy (non-hydrogen) atoms. The van der Waals surface area contributed by atoms with Crippen molar-refractivity contribution in [2.75, 3.05) is 6.61 Å². The van der Waals surface area contributed by atoms with E-state index in [-0.39, 0.29) is 30.0 Å². The van der Waals surface area contributed by atoms with Crippen molar-refractivity contribution in [2.45, 2.75) is 25.7 Å². The largest absolute Gasteiger partial charge is 0.493 e. The molecular weight excluding hydrogens is 266 g/mol. The van der Waals surface area contributed by atoms with E-state index in [1.807, 2.05) is 0 Å². The minimum atomic E-state index is -0.840. The van der Waals surface area contributed by atoms with Crippen LogP contribution in [0.1, 0.15) is 36.0 Å². The van der Waals surface area contributed by atoms with Crippen molar-refractivity contribution >= 4 is 17.9 Å². The van der Waals surface area contributed by atoms with Gasteiger partial charge in [-0.2, -0.15) is 0 Å². The predicted molar refractivity (Wildman–Crippen MR) is 70.1 cm³/mol. The van der Waals surface area contributed by atoms with Crippen LogP contribution in [-0.2, 0) is 4.79 Å². The molecule has 108 valence electrons. The van der Waals surface area contributed by atoms with Crippen LogP contribution in [0.2, 0.25) is 0 Å². The maximum Gasteiger partial charge on any atom is 0.303 e. The van der Waals surface area contributed by atoms with Gasteiger partial charge in [0.05, 0.1) is 11.5 Å². The number of hydrogen-bond acceptors (Lipinski definition) is 5. The monoisotopic (exact) mass is 281 g/mol. The van der Waals surface area contributed by atoms with Gasteiger partial charge < -0.3 is 9.84 Å². The van der Waals surface area contributed by atoms with Crippen LogP contribution in [0.3, 0.4) is 0 Å². The summed E-state index contributed by atoms with van der Waals surface area (Å²) in [5, 5.41) is 19.2. The summed E-state index contributed by atoms with van der Waals surface area (Å²) in [6.07, 6.45) is 2.36. The molecule has 0 heterocycles. The van der Waals surface area contributed by atoms with Gasteiger partial charge in [-0.05, 0) is 25.3 Å². The fourth-order valence-electron chi connectivity index (χ4n) is 1.67. The fraction of sp³-hybridized carbons (Fsp3) is 0.385. The van der Waals surface area contributed by atoms with Crippen molar-refractivity contribution in [2.24, 2.45) is 0 Å². The summed E-state index contributed by atoms with van der Waals surface area (Å²) >= 11 is 0. The standard InChI is InChI=1S/C13H15NO6/c15-9-10-11(14(18)19)5-4-6-12(10)20-8-3-1-2-7-13(16)17/h4-6,9H,1-3,7-8H2,(H,16,17). The molecule has 0 radical (unpaired) electrons. The minimum Gasteiger partial charge on any atom is -0.493 e. The zero-order chi connectivity index (χ0) is 15.0. The van der Waals surface area contributed by atoms with Crippen LogP contribution in [-0.4, -0.2) is 28.9 Å². The third kappa shape index (κ3) is 4.68. The second-order valence-electron chi connectivity index (χ2n) is 4.12. The fourth-order valence-corrected chi connectivity index (χ4v) is 1.67. The van der Waals surface area contributed by atoms with Gasteiger partial charge in [0.1, 0.15) is 11.3 Å². The molecule has 0 saturated heterocycles. The molecule has 0 fully saturated rings. The van der Waals surface area contributed by atoms with Gasteiger partial charge in [0.2, 0.25) is 0 Å². The van der Waals surface area contributed by atoms with Crippen molar-refractivity contribution in [1.82, 2.24) is 0 Å². The van der Waals surface area contributed by atoms with E-state index in [1.165, 1.54) is 18.2 Å². The van der Waals surface area contributed by atoms with Gasteiger partial charge in [-0.3, -0.25) is 19.7 Å². The van der Waals surface area contributed by atoms with E-state index in [4.69, 9.17) is 9.84 Å². The summed E-state index contributed by atoms with van der Waals surface area (Å²) in [6.45, 7) is 0.279. The maximum atomic E-state index is 10.9. The van der Waals surface area contributed by atoms with E-state index < -0.39 is 10.9 Å². The molecule has 7 heteroatoms. The second kappa shape index (κ2) is 7.88. The second-order valence-corrected chi connectivity index (χ2v) is 4.12. The van der Waals surface area contributed by atoms with E-state index in [1.54, 1.807) is 0 Å². The lowest BCUT2D eigenvalue weighted by atomic mass is 10.1. The summed E-state index contributed by atoms with van der Waals surface area (Å²) in [7, 11) is 0. The lowest BCUT2D eigenvalue weighted by Gasteiger charge is -2.08. The summed E-state index contributed by atoms with van der Waals surface area (Å²) in [4.78, 5) is 31.3. The number of benzene rings is 1. The minimum absolute atomic E-state index is 0.0805. The molecule has 0 saturated carbocycles. The number of carbonyl (C=O) groups excluding carboxylic acids is 1. The number of rotatable bonds is 9. The van der Waals surface area contributed by atoms with Crippen LogP contribution >= 0.6 is 0 Å². The van der Waals surface area contributed by atoms with E-state index in [0.717, 1.165) is 0 Å². The zero-order valence-corrected chi connectivity index (χ0v) is 10.8. The predicted octanol–water partition coefficient (Wildman–Crippen LogP) is 2.43. The topological polar surface area (TPSA) is 107 Å². The number of unbranched alkanes of at least 4 members (excludes halogenated alkanes) is 2. The third-order valence-electron chi connectivity index (χ3n) is 2.65. The number of nitrogens with zero attached hydrogens (tertiary/aromatic N) is 1. The highest BCUT2D eigenvalue weighted by Crippen LogP contribution is 2.26. The maximum absolute atomic E-state index is 10.9. The number of aldehydes is 1. The van der Waals surface area contributed by atoms with Gasteiger partial charge in [-0.1, -0.05) is 6.07 Å². The van der Waals surface area contributed by atoms with Gasteiger partial charge in [-0.25, -0.2) is 0 Å². The summed E-state index contributed by atoms with van der Waals surface area (Å²) in [5.41, 5.74) is -0.369. The first kappa shape index (κ1) is 15.6. The van der Waals surface area contributed by atoms with E-state index in [0.29, 0.717) is 25.5 Å². The van der Waals surface area contributed by atoms with Gasteiger partial charge in [-0.15, -0.1) is 0 Å². The molecule has 0 aliphatic carbocycles. The number of carboxylic acid groups (broad SMARTS) is 1. The summed E-state index contributed by atoms with van der Waals surface area (Å²) < 4.78 is 5.34. The Bertz CT molecular complexity index is 500. The molecule has 1 N–H and O–H groups in total. The number of aliphatic carboxylic acids is 1. The Balaban J connectivity index is 2.52. The molecule has 0 spiro atoms. The Hall–Kier alpha value is -2.44. The van der Waals surface area contributed by atoms with Crippen molar-refractivity contribution < 1.29 is 24.4 Å². The molecule has 1 aromatic rings. The number of ether oxygens (including phenoxy) is 1. The quantitative estimate of drug-likeness (QED) is 0.322. The van der Waals surface area contributed by atoms with Gasteiger partial charge in [0.25, 0.3) is 5.69 Å². The van der Waals surface area contributed by atoms with E-state index in [9.17, 15) is 19.7 Å². The normalized spacial score (nSPS) is 10.0. The summed E-state index contributed by atoms with van der Waals surface area (Å²) in [6, 6.07) is 4.18. The molecule has 0 aromatic heterocycles. The van der Waals surface area contributed by atoms with Crippen molar-refractivity contribution in [3.63, 3.8) is 0 Å². The zero-order valence-electron chi connectivity index (χ0n) is 10.8. The molecule has 1 aromatic carbocycles. The Labute approximate surface area is 115 Å². The molecule has 1 rings (SSSR count). The molecule has 0 aliphatic rings. The van der Waals surface area contributed by atoms with Crippen molar-refractivity contribution in [1.29, 1.82) is 0 Å². The first-order valence-electron chi connectivity index (χ1n) is 6.13. The van der Waals surface area contributed by atoms with Gasteiger partial charge in [0, 0.05) is 12.5 Å². The van der Waals surface area contributed by atoms with Crippen molar-refractivity contribution in [3.8, 4) is 5.75 Å². The molecule has 0 bridgehead atoms. The average Bonchev–Trinajstić information content (AvgIpc) is 2.41. The first-order chi connectivity index (χ1) is 9.56. The van der Waals surface area contributed by atoms with Crippen molar-refractivity contribution in [3.05, 3.63) is 33.9 Å². The van der Waals surface area contributed by atoms with Crippen LogP contribution in [0.4, 0.5) is 5.69 Å². The van der Waals surface area contributed by atoms with Crippen LogP contribution in [0.25, 0.3) is 0 Å². The number of carboxylic acids is 1. The molecule has 0 aliphatic heterocycles. The number of carbonyl (C=O) groups is 2. The van der Waals surface area contributed by atoms with Gasteiger partial charge in [0.15, 0.2) is 6.29 Å². The first-order valence-corrected chi connectivity index (χ1v) is 6.13. The Morgan fingerprint density at radius 1 is 1.35 bits per heavy atom. The molecular formula is C13H15NO6. The highest BCUT2D eigenvalue weighted by molar-refractivity contribution is 5.85. The third-order valence-corrected chi connectivity index (χ3v) is 2.65.